The van der Waals surface area contributed by atoms with Gasteiger partial charge in [-0.3, -0.25) is 4.98 Å². The molecule has 0 aliphatic carbocycles. The lowest BCUT2D eigenvalue weighted by atomic mass is 9.71. The van der Waals surface area contributed by atoms with Crippen LogP contribution in [0.15, 0.2) is 134 Å². The zero-order chi connectivity index (χ0) is 33.4. The third kappa shape index (κ3) is 5.96. The van der Waals surface area contributed by atoms with Crippen molar-refractivity contribution in [2.45, 2.75) is 31.5 Å². The van der Waals surface area contributed by atoms with Crippen LogP contribution in [0.2, 0.25) is 5.15 Å². The summed E-state index contributed by atoms with van der Waals surface area (Å²) in [4.78, 5) is 14.6. The van der Waals surface area contributed by atoms with Crippen LogP contribution < -0.4 is 4.74 Å². The van der Waals surface area contributed by atoms with E-state index in [-0.39, 0.29) is 11.8 Å². The molecule has 1 N–H and O–H groups in total. The van der Waals surface area contributed by atoms with Gasteiger partial charge in [0.15, 0.2) is 11.9 Å². The molecule has 5 atom stereocenters. The number of piperidine rings is 3. The molecule has 6 aromatic rings. The quantitative estimate of drug-likeness (QED) is 0.0947. The summed E-state index contributed by atoms with van der Waals surface area (Å²) in [7, 11) is 0. The fraction of sp³-hybridized carbons (Fsp3) is 0.214. The highest BCUT2D eigenvalue weighted by molar-refractivity contribution is 6.32. The predicted octanol–water partition coefficient (Wildman–Crippen LogP) is 9.45. The van der Waals surface area contributed by atoms with E-state index >= 15 is 0 Å². The molecule has 0 saturated carbocycles. The number of nitrogens with zero attached hydrogens (tertiary/aromatic N) is 4. The number of benzene rings is 4. The summed E-state index contributed by atoms with van der Waals surface area (Å²) in [5, 5.41) is 11.9. The number of phenolic OH excluding ortho intramolecular Hbond substituents is 1. The highest BCUT2D eigenvalue weighted by Crippen LogP contribution is 2.50. The second-order valence-electron chi connectivity index (χ2n) is 13.4. The second-order valence-corrected chi connectivity index (χ2v) is 13.8. The maximum atomic E-state index is 10.7. The number of aromatic nitrogens is 3. The summed E-state index contributed by atoms with van der Waals surface area (Å²) < 4.78 is 8.27. The normalized spacial score (nSPS) is 22.1. The molecule has 5 heterocycles. The molecule has 2 bridgehead atoms. The molecule has 9 rings (SSSR count). The number of pyridine rings is 1. The average molecular weight is 666 g/mol. The van der Waals surface area contributed by atoms with Gasteiger partial charge in [-0.1, -0.05) is 109 Å². The van der Waals surface area contributed by atoms with Crippen LogP contribution in [0.5, 0.6) is 11.6 Å². The highest BCUT2D eigenvalue weighted by atomic mass is 35.5. The molecule has 0 spiro atoms. The van der Waals surface area contributed by atoms with E-state index in [1.54, 1.807) is 12.1 Å². The SMILES string of the molecule is C=C[C@H]1C[N@+]2(Cc3ccccc3)CC[C@H]1C[C@H]2[C@H](Oc1nc(-c2ccccc2)nc(Cl)c1-c1ccccc1)c1ccnc2ccc(O)cc12. The molecule has 7 heteroatoms. The van der Waals surface area contributed by atoms with E-state index in [2.05, 4.69) is 48.0 Å². The van der Waals surface area contributed by atoms with Gasteiger partial charge in [-0.05, 0) is 35.7 Å². The number of rotatable bonds is 9. The van der Waals surface area contributed by atoms with Gasteiger partial charge in [-0.15, -0.1) is 6.58 Å². The third-order valence-electron chi connectivity index (χ3n) is 10.6. The lowest BCUT2D eigenvalue weighted by Gasteiger charge is -2.58. The number of quaternary nitrogens is 1. The van der Waals surface area contributed by atoms with Crippen molar-refractivity contribution in [3.8, 4) is 34.1 Å². The fourth-order valence-electron chi connectivity index (χ4n) is 8.25. The number of hydrogen-bond donors (Lipinski definition) is 1. The number of aromatic hydroxyl groups is 1. The van der Waals surface area contributed by atoms with E-state index < -0.39 is 6.10 Å². The Bertz CT molecular complexity index is 2110. The molecule has 3 aliphatic heterocycles. The first-order chi connectivity index (χ1) is 24.0. The molecule has 2 aromatic heterocycles. The van der Waals surface area contributed by atoms with Crippen molar-refractivity contribution in [3.05, 3.63) is 150 Å². The molecular weight excluding hydrogens is 628 g/mol. The molecule has 244 valence electrons. The number of phenols is 1. The molecular formula is C42H38ClN4O2+. The standard InChI is InChI=1S/C42H37ClN4O2/c1-2-29-27-47(26-28-12-6-3-7-13-28)23-21-32(29)24-37(47)39(34-20-22-44-36-19-18-33(48)25-35(34)36)49-42-38(30-14-8-4-9-15-30)40(43)45-41(46-42)31-16-10-5-11-17-31/h2-20,22,25,29,32,37,39H,1,21,23-24,26-27H2/p+1/t29-,32-,37-,39+,47+/m0/s1. The Hall–Kier alpha value is -5.04. The Kier molecular flexibility index (Phi) is 8.36. The van der Waals surface area contributed by atoms with Crippen molar-refractivity contribution in [2.24, 2.45) is 11.8 Å². The summed E-state index contributed by atoms with van der Waals surface area (Å²) in [6.07, 6.45) is 5.66. The first-order valence-electron chi connectivity index (χ1n) is 17.0. The van der Waals surface area contributed by atoms with Crippen molar-refractivity contribution in [1.29, 1.82) is 0 Å². The number of halogens is 1. The van der Waals surface area contributed by atoms with Gasteiger partial charge in [-0.2, -0.15) is 4.98 Å². The van der Waals surface area contributed by atoms with E-state index in [0.29, 0.717) is 34.3 Å². The zero-order valence-electron chi connectivity index (χ0n) is 27.2. The minimum absolute atomic E-state index is 0.0700. The number of ether oxygens (including phenoxy) is 1. The van der Waals surface area contributed by atoms with Gasteiger partial charge in [0.25, 0.3) is 0 Å². The fourth-order valence-corrected chi connectivity index (χ4v) is 8.52. The Morgan fingerprint density at radius 2 is 1.61 bits per heavy atom. The van der Waals surface area contributed by atoms with Crippen LogP contribution in [0.25, 0.3) is 33.4 Å². The van der Waals surface area contributed by atoms with Crippen LogP contribution in [0.1, 0.15) is 30.1 Å². The highest BCUT2D eigenvalue weighted by Gasteiger charge is 2.55. The molecule has 0 unspecified atom stereocenters. The zero-order valence-corrected chi connectivity index (χ0v) is 28.0. The van der Waals surface area contributed by atoms with E-state index in [1.807, 2.05) is 79.0 Å². The predicted molar refractivity (Wildman–Crippen MR) is 195 cm³/mol. The summed E-state index contributed by atoms with van der Waals surface area (Å²) in [6, 6.07) is 38.1. The van der Waals surface area contributed by atoms with Crippen molar-refractivity contribution in [1.82, 2.24) is 15.0 Å². The van der Waals surface area contributed by atoms with E-state index in [4.69, 9.17) is 26.3 Å². The maximum absolute atomic E-state index is 10.7. The van der Waals surface area contributed by atoms with Crippen LogP contribution >= 0.6 is 11.6 Å². The Balaban J connectivity index is 1.34. The van der Waals surface area contributed by atoms with Crippen molar-refractivity contribution < 1.29 is 14.3 Å². The molecule has 0 amide bonds. The lowest BCUT2D eigenvalue weighted by molar-refractivity contribution is -0.984. The summed E-state index contributed by atoms with van der Waals surface area (Å²) in [5.41, 5.74) is 5.45. The van der Waals surface area contributed by atoms with Crippen LogP contribution in [0.4, 0.5) is 0 Å². The van der Waals surface area contributed by atoms with Crippen LogP contribution in [-0.4, -0.2) is 43.7 Å². The molecule has 0 radical (unpaired) electrons. The van der Waals surface area contributed by atoms with Gasteiger partial charge in [0.05, 0.1) is 24.2 Å². The first-order valence-corrected chi connectivity index (χ1v) is 17.3. The third-order valence-corrected chi connectivity index (χ3v) is 10.9. The van der Waals surface area contributed by atoms with Gasteiger partial charge >= 0.3 is 0 Å². The molecule has 3 aliphatic rings. The largest absolute Gasteiger partial charge is 0.508 e. The van der Waals surface area contributed by atoms with E-state index in [9.17, 15) is 5.11 Å². The molecule has 3 saturated heterocycles. The Morgan fingerprint density at radius 1 is 0.898 bits per heavy atom. The monoisotopic (exact) mass is 665 g/mol. The second kappa shape index (κ2) is 13.1. The molecule has 6 nitrogen and oxygen atoms in total. The van der Waals surface area contributed by atoms with E-state index in [0.717, 1.165) is 64.6 Å². The van der Waals surface area contributed by atoms with Crippen molar-refractivity contribution >= 4 is 22.5 Å². The van der Waals surface area contributed by atoms with Gasteiger partial charge < -0.3 is 14.3 Å². The van der Waals surface area contributed by atoms with Gasteiger partial charge in [0.1, 0.15) is 23.5 Å². The summed E-state index contributed by atoms with van der Waals surface area (Å²) in [5.74, 6) is 2.04. The van der Waals surface area contributed by atoms with Crippen LogP contribution in [0, 0.1) is 11.8 Å². The van der Waals surface area contributed by atoms with Crippen molar-refractivity contribution in [2.75, 3.05) is 13.1 Å². The minimum atomic E-state index is -0.443. The van der Waals surface area contributed by atoms with Crippen LogP contribution in [-0.2, 0) is 6.54 Å². The van der Waals surface area contributed by atoms with Gasteiger partial charge in [-0.25, -0.2) is 4.98 Å². The van der Waals surface area contributed by atoms with Crippen LogP contribution in [0.3, 0.4) is 0 Å². The number of hydrogen-bond acceptors (Lipinski definition) is 5. The topological polar surface area (TPSA) is 68.1 Å². The minimum Gasteiger partial charge on any atom is -0.508 e. The maximum Gasteiger partial charge on any atom is 0.227 e. The Morgan fingerprint density at radius 3 is 2.35 bits per heavy atom. The van der Waals surface area contributed by atoms with Crippen molar-refractivity contribution in [3.63, 3.8) is 0 Å². The first kappa shape index (κ1) is 31.2. The van der Waals surface area contributed by atoms with E-state index in [1.165, 1.54) is 5.56 Å². The molecule has 4 aromatic carbocycles. The number of fused-ring (bicyclic) bond motifs is 4. The lowest BCUT2D eigenvalue weighted by Crippen LogP contribution is -2.68. The van der Waals surface area contributed by atoms with Gasteiger partial charge in [0, 0.05) is 47.0 Å². The summed E-state index contributed by atoms with van der Waals surface area (Å²) >= 11 is 7.10. The van der Waals surface area contributed by atoms with Gasteiger partial charge in [0.2, 0.25) is 5.88 Å². The molecule has 3 fully saturated rings. The molecule has 49 heavy (non-hydrogen) atoms. The average Bonchev–Trinajstić information content (AvgIpc) is 3.14. The Labute approximate surface area is 291 Å². The summed E-state index contributed by atoms with van der Waals surface area (Å²) in [6.45, 7) is 7.16. The smallest absolute Gasteiger partial charge is 0.227 e.